The van der Waals surface area contributed by atoms with Crippen molar-refractivity contribution in [1.82, 2.24) is 9.38 Å². The molecule has 0 radical (unpaired) electrons. The molecule has 21 heavy (non-hydrogen) atoms. The standard InChI is InChI=1S/C15H14BrN3O2/c1-20-11-5-3-9(7-12(11)21-2)14-15(17)19-8-10(16)4-6-13(19)18-14/h3-8H,17H2,1-2H3. The molecule has 0 aliphatic carbocycles. The molecule has 0 aliphatic heterocycles. The minimum absolute atomic E-state index is 0.582. The van der Waals surface area contributed by atoms with Gasteiger partial charge in [-0.1, -0.05) is 0 Å². The Labute approximate surface area is 130 Å². The van der Waals surface area contributed by atoms with E-state index in [1.54, 1.807) is 14.2 Å². The number of nitrogens with two attached hydrogens (primary N) is 1. The predicted octanol–water partition coefficient (Wildman–Crippen LogP) is 3.36. The van der Waals surface area contributed by atoms with Crippen molar-refractivity contribution in [2.24, 2.45) is 0 Å². The molecule has 0 saturated heterocycles. The monoisotopic (exact) mass is 347 g/mol. The number of anilines is 1. The van der Waals surface area contributed by atoms with Crippen LogP contribution in [0.25, 0.3) is 16.9 Å². The van der Waals surface area contributed by atoms with E-state index in [1.165, 1.54) is 0 Å². The molecule has 0 saturated carbocycles. The van der Waals surface area contributed by atoms with E-state index in [2.05, 4.69) is 20.9 Å². The van der Waals surface area contributed by atoms with Crippen LogP contribution >= 0.6 is 15.9 Å². The number of methoxy groups -OCH3 is 2. The van der Waals surface area contributed by atoms with Crippen molar-refractivity contribution in [2.45, 2.75) is 0 Å². The van der Waals surface area contributed by atoms with Gasteiger partial charge in [-0.3, -0.25) is 4.40 Å². The molecule has 0 bridgehead atoms. The molecule has 3 rings (SSSR count). The van der Waals surface area contributed by atoms with E-state index in [4.69, 9.17) is 15.2 Å². The lowest BCUT2D eigenvalue weighted by Gasteiger charge is -2.08. The first-order valence-corrected chi connectivity index (χ1v) is 7.09. The van der Waals surface area contributed by atoms with Gasteiger partial charge < -0.3 is 15.2 Å². The van der Waals surface area contributed by atoms with Gasteiger partial charge in [-0.2, -0.15) is 0 Å². The van der Waals surface area contributed by atoms with E-state index >= 15 is 0 Å². The maximum atomic E-state index is 6.21. The third-order valence-electron chi connectivity index (χ3n) is 3.28. The molecular weight excluding hydrogens is 334 g/mol. The molecule has 2 heterocycles. The van der Waals surface area contributed by atoms with Gasteiger partial charge in [-0.15, -0.1) is 0 Å². The van der Waals surface area contributed by atoms with Gasteiger partial charge in [-0.05, 0) is 46.3 Å². The van der Waals surface area contributed by atoms with Crippen molar-refractivity contribution in [3.05, 3.63) is 41.0 Å². The van der Waals surface area contributed by atoms with Crippen LogP contribution in [-0.2, 0) is 0 Å². The summed E-state index contributed by atoms with van der Waals surface area (Å²) in [5.74, 6) is 1.90. The van der Waals surface area contributed by atoms with Gasteiger partial charge in [-0.25, -0.2) is 4.98 Å². The first-order valence-electron chi connectivity index (χ1n) is 6.29. The highest BCUT2D eigenvalue weighted by Crippen LogP contribution is 2.34. The molecule has 1 aromatic carbocycles. The Morgan fingerprint density at radius 3 is 2.57 bits per heavy atom. The molecule has 0 spiro atoms. The van der Waals surface area contributed by atoms with Gasteiger partial charge in [0.2, 0.25) is 0 Å². The van der Waals surface area contributed by atoms with Crippen LogP contribution < -0.4 is 15.2 Å². The lowest BCUT2D eigenvalue weighted by atomic mass is 10.1. The third kappa shape index (κ3) is 2.31. The van der Waals surface area contributed by atoms with Crippen molar-refractivity contribution in [3.63, 3.8) is 0 Å². The average molecular weight is 348 g/mol. The largest absolute Gasteiger partial charge is 0.493 e. The fourth-order valence-electron chi connectivity index (χ4n) is 2.23. The van der Waals surface area contributed by atoms with E-state index in [-0.39, 0.29) is 0 Å². The Bertz CT molecular complexity index is 814. The summed E-state index contributed by atoms with van der Waals surface area (Å²) in [6, 6.07) is 9.46. The van der Waals surface area contributed by atoms with Gasteiger partial charge >= 0.3 is 0 Å². The van der Waals surface area contributed by atoms with Crippen LogP contribution in [0.15, 0.2) is 41.0 Å². The zero-order chi connectivity index (χ0) is 15.0. The SMILES string of the molecule is COc1ccc(-c2nc3ccc(Br)cn3c2N)cc1OC. The molecule has 2 aromatic heterocycles. The number of fused-ring (bicyclic) bond motifs is 1. The maximum absolute atomic E-state index is 6.21. The summed E-state index contributed by atoms with van der Waals surface area (Å²) in [5.41, 5.74) is 8.60. The summed E-state index contributed by atoms with van der Waals surface area (Å²) in [7, 11) is 3.21. The van der Waals surface area contributed by atoms with Gasteiger partial charge in [0.1, 0.15) is 17.2 Å². The molecule has 3 aromatic rings. The second kappa shape index (κ2) is 5.29. The van der Waals surface area contributed by atoms with E-state index in [1.807, 2.05) is 40.9 Å². The lowest BCUT2D eigenvalue weighted by Crippen LogP contribution is -1.95. The average Bonchev–Trinajstić information content (AvgIpc) is 2.83. The smallest absolute Gasteiger partial charge is 0.161 e. The van der Waals surface area contributed by atoms with Gasteiger partial charge in [0.15, 0.2) is 11.5 Å². The molecule has 0 unspecified atom stereocenters. The van der Waals surface area contributed by atoms with Gasteiger partial charge in [0, 0.05) is 16.2 Å². The number of halogens is 1. The number of nitrogens with zero attached hydrogens (tertiary/aromatic N) is 2. The van der Waals surface area contributed by atoms with Crippen molar-refractivity contribution < 1.29 is 9.47 Å². The maximum Gasteiger partial charge on any atom is 0.161 e. The zero-order valence-corrected chi connectivity index (χ0v) is 13.2. The van der Waals surface area contributed by atoms with Crippen molar-refractivity contribution in [3.8, 4) is 22.8 Å². The van der Waals surface area contributed by atoms with Gasteiger partial charge in [0.05, 0.1) is 14.2 Å². The van der Waals surface area contributed by atoms with E-state index in [9.17, 15) is 0 Å². The third-order valence-corrected chi connectivity index (χ3v) is 3.75. The molecule has 0 aliphatic rings. The molecule has 0 fully saturated rings. The number of rotatable bonds is 3. The number of benzene rings is 1. The number of hydrogen-bond acceptors (Lipinski definition) is 4. The topological polar surface area (TPSA) is 61.8 Å². The summed E-state index contributed by atoms with van der Waals surface area (Å²) in [5, 5.41) is 0. The number of nitrogen functional groups attached to an aromatic ring is 1. The van der Waals surface area contributed by atoms with Crippen LogP contribution in [0, 0.1) is 0 Å². The normalized spacial score (nSPS) is 10.8. The van der Waals surface area contributed by atoms with Crippen molar-refractivity contribution >= 4 is 27.4 Å². The van der Waals surface area contributed by atoms with Crippen molar-refractivity contribution in [2.75, 3.05) is 20.0 Å². The summed E-state index contributed by atoms with van der Waals surface area (Å²) in [4.78, 5) is 4.58. The summed E-state index contributed by atoms with van der Waals surface area (Å²) in [6.07, 6.45) is 1.89. The Hall–Kier alpha value is -2.21. The number of aromatic nitrogens is 2. The molecule has 6 heteroatoms. The Morgan fingerprint density at radius 2 is 1.86 bits per heavy atom. The predicted molar refractivity (Wildman–Crippen MR) is 85.8 cm³/mol. The molecular formula is C15H14BrN3O2. The van der Waals surface area contributed by atoms with E-state index < -0.39 is 0 Å². The fraction of sp³-hybridized carbons (Fsp3) is 0.133. The highest BCUT2D eigenvalue weighted by molar-refractivity contribution is 9.10. The van der Waals surface area contributed by atoms with Crippen LogP contribution in [0.1, 0.15) is 0 Å². The number of ether oxygens (including phenoxy) is 2. The van der Waals surface area contributed by atoms with Crippen LogP contribution in [0.5, 0.6) is 11.5 Å². The second-order valence-corrected chi connectivity index (χ2v) is 5.41. The Kier molecular flexibility index (Phi) is 3.47. The molecule has 2 N–H and O–H groups in total. The highest BCUT2D eigenvalue weighted by atomic mass is 79.9. The number of imidazole rings is 1. The van der Waals surface area contributed by atoms with E-state index in [0.717, 1.165) is 15.7 Å². The summed E-state index contributed by atoms with van der Waals surface area (Å²) >= 11 is 3.43. The number of pyridine rings is 1. The highest BCUT2D eigenvalue weighted by Gasteiger charge is 2.14. The first kappa shape index (κ1) is 13.8. The first-order chi connectivity index (χ1) is 10.1. The molecule has 0 atom stereocenters. The summed E-state index contributed by atoms with van der Waals surface area (Å²) < 4.78 is 13.4. The van der Waals surface area contributed by atoms with Crippen LogP contribution in [-0.4, -0.2) is 23.6 Å². The summed E-state index contributed by atoms with van der Waals surface area (Å²) in [6.45, 7) is 0. The van der Waals surface area contributed by atoms with E-state index in [0.29, 0.717) is 23.0 Å². The quantitative estimate of drug-likeness (QED) is 0.788. The number of hydrogen-bond donors (Lipinski definition) is 1. The molecule has 108 valence electrons. The fourth-order valence-corrected chi connectivity index (χ4v) is 2.57. The van der Waals surface area contributed by atoms with Crippen LogP contribution in [0.3, 0.4) is 0 Å². The minimum atomic E-state index is 0.582. The second-order valence-electron chi connectivity index (χ2n) is 4.49. The van der Waals surface area contributed by atoms with Crippen LogP contribution in [0.2, 0.25) is 0 Å². The minimum Gasteiger partial charge on any atom is -0.493 e. The molecule has 0 amide bonds. The van der Waals surface area contributed by atoms with Gasteiger partial charge in [0.25, 0.3) is 0 Å². The zero-order valence-electron chi connectivity index (χ0n) is 11.6. The van der Waals surface area contributed by atoms with Crippen LogP contribution in [0.4, 0.5) is 5.82 Å². The molecule has 5 nitrogen and oxygen atoms in total. The Morgan fingerprint density at radius 1 is 1.10 bits per heavy atom. The Balaban J connectivity index is 2.18. The lowest BCUT2D eigenvalue weighted by molar-refractivity contribution is 0.355. The van der Waals surface area contributed by atoms with Crippen molar-refractivity contribution in [1.29, 1.82) is 0 Å².